The predicted octanol–water partition coefficient (Wildman–Crippen LogP) is 2.44. The summed E-state index contributed by atoms with van der Waals surface area (Å²) in [5.74, 6) is 0.244. The number of nitrogens with one attached hydrogen (secondary N) is 1. The van der Waals surface area contributed by atoms with Crippen LogP contribution in [0, 0.1) is 5.92 Å². The fourth-order valence-electron chi connectivity index (χ4n) is 3.43. The van der Waals surface area contributed by atoms with Crippen LogP contribution in [0.4, 0.5) is 11.5 Å². The molecule has 0 saturated heterocycles. The number of rotatable bonds is 8. The highest BCUT2D eigenvalue weighted by Gasteiger charge is 2.23. The Hall–Kier alpha value is -3.30. The number of hydrogen-bond acceptors (Lipinski definition) is 6. The number of nitrogen functional groups attached to an aromatic ring is 1. The Morgan fingerprint density at radius 2 is 2.15 bits per heavy atom. The van der Waals surface area contributed by atoms with Crippen molar-refractivity contribution in [3.63, 3.8) is 0 Å². The molecule has 0 atom stereocenters. The summed E-state index contributed by atoms with van der Waals surface area (Å²) in [5.41, 5.74) is 6.30. The van der Waals surface area contributed by atoms with Gasteiger partial charge in [0.25, 0.3) is 11.5 Å². The SMILES string of the molecule is COCCN(C(=O)/C=C/C1=Cc2cc(Cl)ccc2OC1)c1c(N)n(CC(C)C)c(=O)[nH]c1=O. The van der Waals surface area contributed by atoms with Crippen molar-refractivity contribution in [1.82, 2.24) is 9.55 Å². The minimum atomic E-state index is -0.737. The maximum Gasteiger partial charge on any atom is 0.330 e. The lowest BCUT2D eigenvalue weighted by Crippen LogP contribution is -2.42. The van der Waals surface area contributed by atoms with Crippen molar-refractivity contribution in [2.24, 2.45) is 5.92 Å². The van der Waals surface area contributed by atoms with E-state index in [0.29, 0.717) is 17.3 Å². The lowest BCUT2D eigenvalue weighted by Gasteiger charge is -2.23. The van der Waals surface area contributed by atoms with Gasteiger partial charge in [-0.25, -0.2) is 4.79 Å². The number of benzene rings is 1. The van der Waals surface area contributed by atoms with Crippen molar-refractivity contribution < 1.29 is 14.3 Å². The molecule has 10 heteroatoms. The summed E-state index contributed by atoms with van der Waals surface area (Å²) in [6, 6.07) is 5.30. The Morgan fingerprint density at radius 1 is 1.39 bits per heavy atom. The molecule has 1 aliphatic rings. The number of carbonyl (C=O) groups is 1. The highest BCUT2D eigenvalue weighted by Crippen LogP contribution is 2.29. The third-order valence-corrected chi connectivity index (χ3v) is 5.20. The number of H-pyrrole nitrogens is 1. The molecule has 0 fully saturated rings. The Labute approximate surface area is 196 Å². The van der Waals surface area contributed by atoms with E-state index in [-0.39, 0.29) is 37.2 Å². The molecule has 1 amide bonds. The van der Waals surface area contributed by atoms with Gasteiger partial charge in [0.15, 0.2) is 5.69 Å². The minimum absolute atomic E-state index is 0.0703. The van der Waals surface area contributed by atoms with Crippen LogP contribution in [0.5, 0.6) is 5.75 Å². The monoisotopic (exact) mass is 474 g/mol. The van der Waals surface area contributed by atoms with Gasteiger partial charge in [0.1, 0.15) is 18.2 Å². The van der Waals surface area contributed by atoms with Gasteiger partial charge in [-0.2, -0.15) is 0 Å². The summed E-state index contributed by atoms with van der Waals surface area (Å²) in [5, 5.41) is 0.576. The Kier molecular flexibility index (Phi) is 7.78. The quantitative estimate of drug-likeness (QED) is 0.567. The number of ether oxygens (including phenoxy) is 2. The number of fused-ring (bicyclic) bond motifs is 1. The van der Waals surface area contributed by atoms with Crippen LogP contribution < -0.4 is 26.6 Å². The molecule has 0 bridgehead atoms. The molecule has 0 unspecified atom stereocenters. The van der Waals surface area contributed by atoms with E-state index in [1.54, 1.807) is 24.3 Å². The molecule has 0 saturated carbocycles. The van der Waals surface area contributed by atoms with Crippen molar-refractivity contribution in [1.29, 1.82) is 0 Å². The summed E-state index contributed by atoms with van der Waals surface area (Å²) < 4.78 is 12.1. The third-order valence-electron chi connectivity index (χ3n) is 4.96. The minimum Gasteiger partial charge on any atom is -0.488 e. The molecule has 1 aromatic carbocycles. The average Bonchev–Trinajstić information content (AvgIpc) is 2.76. The lowest BCUT2D eigenvalue weighted by molar-refractivity contribution is -0.114. The number of anilines is 2. The Bertz CT molecular complexity index is 1210. The molecule has 0 aliphatic carbocycles. The van der Waals surface area contributed by atoms with Crippen LogP contribution in [0.2, 0.25) is 5.02 Å². The number of aromatic nitrogens is 2. The second-order valence-electron chi connectivity index (χ2n) is 8.00. The van der Waals surface area contributed by atoms with E-state index in [4.69, 9.17) is 26.8 Å². The largest absolute Gasteiger partial charge is 0.488 e. The van der Waals surface area contributed by atoms with E-state index in [1.165, 1.54) is 22.7 Å². The lowest BCUT2D eigenvalue weighted by atomic mass is 10.1. The number of hydrogen-bond donors (Lipinski definition) is 2. The number of nitrogens with zero attached hydrogens (tertiary/aromatic N) is 2. The summed E-state index contributed by atoms with van der Waals surface area (Å²) >= 11 is 6.05. The zero-order chi connectivity index (χ0) is 24.1. The molecule has 0 spiro atoms. The number of aromatic amines is 1. The highest BCUT2D eigenvalue weighted by molar-refractivity contribution is 6.30. The van der Waals surface area contributed by atoms with E-state index in [1.807, 2.05) is 19.9 Å². The molecule has 0 radical (unpaired) electrons. The van der Waals surface area contributed by atoms with E-state index < -0.39 is 17.2 Å². The molecule has 2 aromatic rings. The maximum atomic E-state index is 13.1. The van der Waals surface area contributed by atoms with Crippen LogP contribution in [0.25, 0.3) is 6.08 Å². The van der Waals surface area contributed by atoms with Gasteiger partial charge in [-0.15, -0.1) is 0 Å². The van der Waals surface area contributed by atoms with Crippen LogP contribution >= 0.6 is 11.6 Å². The zero-order valence-corrected chi connectivity index (χ0v) is 19.5. The summed E-state index contributed by atoms with van der Waals surface area (Å²) in [6.07, 6.45) is 4.82. The summed E-state index contributed by atoms with van der Waals surface area (Å²) in [6.45, 7) is 4.64. The summed E-state index contributed by atoms with van der Waals surface area (Å²) in [4.78, 5) is 41.5. The molecule has 1 aliphatic heterocycles. The zero-order valence-electron chi connectivity index (χ0n) is 18.8. The van der Waals surface area contributed by atoms with Crippen molar-refractivity contribution >= 4 is 35.1 Å². The van der Waals surface area contributed by atoms with Gasteiger partial charge in [0, 0.05) is 36.9 Å². The molecular weight excluding hydrogens is 448 g/mol. The molecule has 33 heavy (non-hydrogen) atoms. The predicted molar refractivity (Wildman–Crippen MR) is 129 cm³/mol. The molecule has 1 aromatic heterocycles. The average molecular weight is 475 g/mol. The maximum absolute atomic E-state index is 13.1. The van der Waals surface area contributed by atoms with E-state index >= 15 is 0 Å². The number of amides is 1. The van der Waals surface area contributed by atoms with Gasteiger partial charge in [-0.05, 0) is 35.8 Å². The van der Waals surface area contributed by atoms with Gasteiger partial charge < -0.3 is 15.2 Å². The fraction of sp³-hybridized carbons (Fsp3) is 0.348. The first-order valence-electron chi connectivity index (χ1n) is 10.4. The van der Waals surface area contributed by atoms with Gasteiger partial charge in [-0.1, -0.05) is 31.5 Å². The number of halogens is 1. The molecular formula is C23H27ClN4O5. The summed E-state index contributed by atoms with van der Waals surface area (Å²) in [7, 11) is 1.48. The van der Waals surface area contributed by atoms with Crippen LogP contribution in [0.1, 0.15) is 19.4 Å². The van der Waals surface area contributed by atoms with Crippen LogP contribution in [0.3, 0.4) is 0 Å². The topological polar surface area (TPSA) is 120 Å². The number of nitrogens with two attached hydrogens (primary N) is 1. The van der Waals surface area contributed by atoms with Gasteiger partial charge in [0.05, 0.1) is 6.61 Å². The highest BCUT2D eigenvalue weighted by atomic mass is 35.5. The van der Waals surface area contributed by atoms with Crippen molar-refractivity contribution in [2.75, 3.05) is 37.5 Å². The van der Waals surface area contributed by atoms with Gasteiger partial charge in [0.2, 0.25) is 0 Å². The second-order valence-corrected chi connectivity index (χ2v) is 8.44. The Morgan fingerprint density at radius 3 is 2.85 bits per heavy atom. The van der Waals surface area contributed by atoms with Crippen LogP contribution in [-0.4, -0.2) is 42.3 Å². The van der Waals surface area contributed by atoms with E-state index in [0.717, 1.165) is 11.1 Å². The van der Waals surface area contributed by atoms with E-state index in [9.17, 15) is 14.4 Å². The number of methoxy groups -OCH3 is 1. The third kappa shape index (κ3) is 5.74. The molecule has 3 N–H and O–H groups in total. The molecule has 176 valence electrons. The van der Waals surface area contributed by atoms with Crippen LogP contribution in [-0.2, 0) is 16.1 Å². The van der Waals surface area contributed by atoms with Gasteiger partial charge >= 0.3 is 5.69 Å². The number of carbonyl (C=O) groups excluding carboxylic acids is 1. The normalized spacial score (nSPS) is 13.1. The van der Waals surface area contributed by atoms with Crippen molar-refractivity contribution in [3.8, 4) is 5.75 Å². The first kappa shape index (κ1) is 24.3. The standard InChI is InChI=1S/C23H27ClN4O5/c1-14(2)12-28-21(25)20(22(30)26-23(28)31)27(8-9-32-3)19(29)7-4-15-10-16-11-17(24)5-6-18(16)33-13-15/h4-7,10-11,14H,8-9,12-13,25H2,1-3H3,(H,26,30,31)/b7-4+. The second kappa shape index (κ2) is 10.5. The van der Waals surface area contributed by atoms with E-state index in [2.05, 4.69) is 4.98 Å². The van der Waals surface area contributed by atoms with Crippen LogP contribution in [0.15, 0.2) is 45.5 Å². The Balaban J connectivity index is 1.95. The van der Waals surface area contributed by atoms with Crippen molar-refractivity contribution in [2.45, 2.75) is 20.4 Å². The first-order chi connectivity index (χ1) is 15.7. The molecule has 3 rings (SSSR count). The molecule has 2 heterocycles. The van der Waals surface area contributed by atoms with Crippen molar-refractivity contribution in [3.05, 3.63) is 67.3 Å². The van der Waals surface area contributed by atoms with Gasteiger partial charge in [-0.3, -0.25) is 24.0 Å². The fourth-order valence-corrected chi connectivity index (χ4v) is 3.61. The smallest absolute Gasteiger partial charge is 0.330 e. The first-order valence-corrected chi connectivity index (χ1v) is 10.8. The molecule has 9 nitrogen and oxygen atoms in total.